The molecular formula is C16H31NO6. The minimum absolute atomic E-state index is 0.0179. The van der Waals surface area contributed by atoms with Crippen molar-refractivity contribution in [3.63, 3.8) is 0 Å². The smallest absolute Gasteiger partial charge is 0.246 e. The van der Waals surface area contributed by atoms with Gasteiger partial charge in [-0.2, -0.15) is 0 Å². The van der Waals surface area contributed by atoms with Gasteiger partial charge >= 0.3 is 0 Å². The monoisotopic (exact) mass is 333 g/mol. The zero-order chi connectivity index (χ0) is 17.2. The highest BCUT2D eigenvalue weighted by Crippen LogP contribution is 1.88. The molecule has 0 aliphatic carbocycles. The van der Waals surface area contributed by atoms with Gasteiger partial charge in [-0.05, 0) is 26.2 Å². The van der Waals surface area contributed by atoms with Gasteiger partial charge in [0.2, 0.25) is 5.91 Å². The van der Waals surface area contributed by atoms with E-state index in [9.17, 15) is 9.59 Å². The molecule has 23 heavy (non-hydrogen) atoms. The van der Waals surface area contributed by atoms with E-state index < -0.39 is 0 Å². The number of ether oxygens (including phenoxy) is 4. The molecule has 7 nitrogen and oxygen atoms in total. The number of carbonyl (C=O) groups is 2. The van der Waals surface area contributed by atoms with Gasteiger partial charge in [0, 0.05) is 39.6 Å². The van der Waals surface area contributed by atoms with E-state index >= 15 is 0 Å². The molecule has 0 aromatic rings. The second-order valence-corrected chi connectivity index (χ2v) is 5.09. The van der Waals surface area contributed by atoms with E-state index in [1.807, 2.05) is 0 Å². The number of ketones is 1. The number of hydrogen-bond donors (Lipinski definition) is 1. The molecule has 0 saturated heterocycles. The molecule has 0 rings (SSSR count). The zero-order valence-electron chi connectivity index (χ0n) is 14.4. The van der Waals surface area contributed by atoms with Gasteiger partial charge in [0.1, 0.15) is 13.2 Å². The molecule has 0 radical (unpaired) electrons. The summed E-state index contributed by atoms with van der Waals surface area (Å²) in [6, 6.07) is 0. The maximum absolute atomic E-state index is 11.4. The maximum atomic E-state index is 11.4. The van der Waals surface area contributed by atoms with Gasteiger partial charge in [0.05, 0.1) is 6.61 Å². The largest absolute Gasteiger partial charge is 0.381 e. The van der Waals surface area contributed by atoms with Gasteiger partial charge in [-0.15, -0.1) is 0 Å². The molecular weight excluding hydrogens is 302 g/mol. The fraction of sp³-hybridized carbons (Fsp3) is 0.875. The summed E-state index contributed by atoms with van der Waals surface area (Å²) in [7, 11) is 0. The van der Waals surface area contributed by atoms with Crippen molar-refractivity contribution in [2.75, 3.05) is 59.4 Å². The van der Waals surface area contributed by atoms with Crippen LogP contribution in [0.25, 0.3) is 0 Å². The molecule has 0 aliphatic rings. The molecule has 136 valence electrons. The van der Waals surface area contributed by atoms with Crippen molar-refractivity contribution in [3.05, 3.63) is 0 Å². The van der Waals surface area contributed by atoms with Gasteiger partial charge in [-0.3, -0.25) is 9.59 Å². The number of Topliss-reactive ketones (excluding diaryl/α,β-unsaturated/α-hetero) is 1. The average Bonchev–Trinajstić information content (AvgIpc) is 2.52. The van der Waals surface area contributed by atoms with Crippen molar-refractivity contribution in [3.8, 4) is 0 Å². The summed E-state index contributed by atoms with van der Waals surface area (Å²) in [5, 5.41) is 2.71. The second kappa shape index (κ2) is 17.3. The summed E-state index contributed by atoms with van der Waals surface area (Å²) in [5.74, 6) is -0.128. The average molecular weight is 333 g/mol. The van der Waals surface area contributed by atoms with Crippen molar-refractivity contribution in [2.24, 2.45) is 0 Å². The van der Waals surface area contributed by atoms with Crippen molar-refractivity contribution in [1.29, 1.82) is 0 Å². The molecule has 0 spiro atoms. The van der Waals surface area contributed by atoms with E-state index in [4.69, 9.17) is 18.9 Å². The Kier molecular flexibility index (Phi) is 16.6. The molecule has 1 N–H and O–H groups in total. The highest BCUT2D eigenvalue weighted by molar-refractivity contribution is 5.77. The number of rotatable bonds is 17. The first-order chi connectivity index (χ1) is 11.2. The van der Waals surface area contributed by atoms with Crippen LogP contribution in [0.1, 0.15) is 33.1 Å². The van der Waals surface area contributed by atoms with E-state index in [2.05, 4.69) is 12.2 Å². The summed E-state index contributed by atoms with van der Waals surface area (Å²) in [4.78, 5) is 22.1. The van der Waals surface area contributed by atoms with Gasteiger partial charge in [-0.1, -0.05) is 6.92 Å². The van der Waals surface area contributed by atoms with Crippen molar-refractivity contribution in [2.45, 2.75) is 33.1 Å². The van der Waals surface area contributed by atoms with E-state index in [-0.39, 0.29) is 24.9 Å². The molecule has 0 fully saturated rings. The number of hydrogen-bond acceptors (Lipinski definition) is 6. The van der Waals surface area contributed by atoms with Crippen LogP contribution in [0.3, 0.4) is 0 Å². The fourth-order valence-corrected chi connectivity index (χ4v) is 1.57. The molecule has 0 bridgehead atoms. The van der Waals surface area contributed by atoms with Crippen LogP contribution in [0.5, 0.6) is 0 Å². The molecule has 1 amide bonds. The SMILES string of the molecule is CCCOCCCOCC(=O)NCCOCCCOCC(C)=O. The molecule has 0 atom stereocenters. The normalized spacial score (nSPS) is 10.7. The zero-order valence-corrected chi connectivity index (χ0v) is 14.4. The van der Waals surface area contributed by atoms with Crippen molar-refractivity contribution < 1.29 is 28.5 Å². The summed E-state index contributed by atoms with van der Waals surface area (Å²) in [6.45, 7) is 7.67. The fourth-order valence-electron chi connectivity index (χ4n) is 1.57. The van der Waals surface area contributed by atoms with Crippen molar-refractivity contribution in [1.82, 2.24) is 5.32 Å². The third kappa shape index (κ3) is 18.9. The molecule has 0 saturated carbocycles. The quantitative estimate of drug-likeness (QED) is 0.399. The lowest BCUT2D eigenvalue weighted by molar-refractivity contribution is -0.126. The summed E-state index contributed by atoms with van der Waals surface area (Å²) in [6.07, 6.45) is 2.53. The topological polar surface area (TPSA) is 83.1 Å². The maximum Gasteiger partial charge on any atom is 0.246 e. The van der Waals surface area contributed by atoms with Crippen molar-refractivity contribution >= 4 is 11.7 Å². The standard InChI is InChI=1S/C16H31NO6/c1-3-7-20-8-4-11-23-14-16(19)17-6-12-21-9-5-10-22-13-15(2)18/h3-14H2,1-2H3,(H,17,19). The van der Waals surface area contributed by atoms with E-state index in [1.54, 1.807) is 0 Å². The molecule has 0 aromatic heterocycles. The third-order valence-corrected chi connectivity index (χ3v) is 2.61. The van der Waals surface area contributed by atoms with Gasteiger partial charge in [0.15, 0.2) is 5.78 Å². The van der Waals surface area contributed by atoms with Gasteiger partial charge in [0.25, 0.3) is 0 Å². The molecule has 0 aliphatic heterocycles. The Labute approximate surface area is 139 Å². The molecule has 0 heterocycles. The molecule has 0 aromatic carbocycles. The van der Waals surface area contributed by atoms with E-state index in [1.165, 1.54) is 6.92 Å². The first kappa shape index (κ1) is 22.0. The minimum Gasteiger partial charge on any atom is -0.381 e. The predicted molar refractivity (Wildman–Crippen MR) is 86.5 cm³/mol. The van der Waals surface area contributed by atoms with Crippen LogP contribution in [0.15, 0.2) is 0 Å². The van der Waals surface area contributed by atoms with Gasteiger partial charge in [-0.25, -0.2) is 0 Å². The lowest BCUT2D eigenvalue weighted by Gasteiger charge is -2.07. The van der Waals surface area contributed by atoms with Crippen LogP contribution in [0.2, 0.25) is 0 Å². The Hall–Kier alpha value is -1.02. The number of amides is 1. The van der Waals surface area contributed by atoms with Crippen LogP contribution < -0.4 is 5.32 Å². The number of carbonyl (C=O) groups excluding carboxylic acids is 2. The summed E-state index contributed by atoms with van der Waals surface area (Å²) in [5.41, 5.74) is 0. The molecule has 7 heteroatoms. The van der Waals surface area contributed by atoms with E-state index in [0.29, 0.717) is 39.6 Å². The number of nitrogens with one attached hydrogen (secondary N) is 1. The Morgan fingerprint density at radius 1 is 0.783 bits per heavy atom. The minimum atomic E-state index is -0.145. The highest BCUT2D eigenvalue weighted by Gasteiger charge is 2.00. The van der Waals surface area contributed by atoms with Crippen LogP contribution in [0, 0.1) is 0 Å². The second-order valence-electron chi connectivity index (χ2n) is 5.09. The first-order valence-electron chi connectivity index (χ1n) is 8.24. The highest BCUT2D eigenvalue weighted by atomic mass is 16.5. The van der Waals surface area contributed by atoms with Crippen LogP contribution in [-0.2, 0) is 28.5 Å². The Morgan fingerprint density at radius 3 is 1.96 bits per heavy atom. The van der Waals surface area contributed by atoms with Gasteiger partial charge < -0.3 is 24.3 Å². The Balaban J connectivity index is 3.17. The van der Waals surface area contributed by atoms with E-state index in [0.717, 1.165) is 25.9 Å². The predicted octanol–water partition coefficient (Wildman–Crippen LogP) is 0.948. The van der Waals surface area contributed by atoms with Crippen LogP contribution >= 0.6 is 0 Å². The summed E-state index contributed by atoms with van der Waals surface area (Å²) >= 11 is 0. The lowest BCUT2D eigenvalue weighted by Crippen LogP contribution is -2.31. The van der Waals surface area contributed by atoms with Crippen LogP contribution in [-0.4, -0.2) is 71.1 Å². The first-order valence-corrected chi connectivity index (χ1v) is 8.24. The van der Waals surface area contributed by atoms with Crippen LogP contribution in [0.4, 0.5) is 0 Å². The molecule has 0 unspecified atom stereocenters. The Morgan fingerprint density at radius 2 is 1.35 bits per heavy atom. The Bertz CT molecular complexity index is 298. The summed E-state index contributed by atoms with van der Waals surface area (Å²) < 4.78 is 21.0. The lowest BCUT2D eigenvalue weighted by atomic mass is 10.4. The third-order valence-electron chi connectivity index (χ3n) is 2.61.